The number of ether oxygens (including phenoxy) is 1. The van der Waals surface area contributed by atoms with Gasteiger partial charge in [0.05, 0.1) is 25.7 Å². The number of nitrogens with zero attached hydrogens (tertiary/aromatic N) is 4. The summed E-state index contributed by atoms with van der Waals surface area (Å²) in [7, 11) is 1.62. The Hall–Kier alpha value is -2.84. The van der Waals surface area contributed by atoms with Gasteiger partial charge in [0.15, 0.2) is 0 Å². The van der Waals surface area contributed by atoms with Crippen LogP contribution in [0.15, 0.2) is 30.3 Å². The lowest BCUT2D eigenvalue weighted by atomic mass is 10.0. The number of nitrogens with one attached hydrogen (secondary N) is 1. The number of amides is 2. The molecule has 32 heavy (non-hydrogen) atoms. The van der Waals surface area contributed by atoms with Gasteiger partial charge in [0, 0.05) is 31.3 Å². The molecule has 2 aromatic rings. The number of hydrogen-bond acceptors (Lipinski definition) is 6. The average molecular weight is 438 g/mol. The van der Waals surface area contributed by atoms with Crippen LogP contribution in [0.25, 0.3) is 0 Å². The lowest BCUT2D eigenvalue weighted by Crippen LogP contribution is -2.39. The number of fused-ring (bicyclic) bond motifs is 1. The standard InChI is InChI=1S/C24H31N5O3/c1-17-19-10-11-22(31)29(15-18-7-4-3-5-8-18)24(19)27-23(26-17)20-9-6-13-28(20)16-21(30)25-12-14-32-2/h3-5,7-8,20H,6,9-16H2,1-2H3,(H,25,30). The molecule has 1 aromatic heterocycles. The maximum absolute atomic E-state index is 12.8. The zero-order chi connectivity index (χ0) is 22.5. The highest BCUT2D eigenvalue weighted by Gasteiger charge is 2.33. The largest absolute Gasteiger partial charge is 0.383 e. The van der Waals surface area contributed by atoms with Gasteiger partial charge in [0.25, 0.3) is 0 Å². The summed E-state index contributed by atoms with van der Waals surface area (Å²) >= 11 is 0. The molecule has 0 spiro atoms. The number of anilines is 1. The molecule has 8 heteroatoms. The summed E-state index contributed by atoms with van der Waals surface area (Å²) in [4.78, 5) is 38.9. The van der Waals surface area contributed by atoms with E-state index in [1.54, 1.807) is 12.0 Å². The third-order valence-electron chi connectivity index (χ3n) is 6.18. The van der Waals surface area contributed by atoms with Crippen LogP contribution in [0, 0.1) is 6.92 Å². The Morgan fingerprint density at radius 2 is 2.03 bits per heavy atom. The van der Waals surface area contributed by atoms with Crippen molar-refractivity contribution in [2.75, 3.05) is 38.3 Å². The molecule has 170 valence electrons. The highest BCUT2D eigenvalue weighted by atomic mass is 16.5. The van der Waals surface area contributed by atoms with Crippen LogP contribution in [-0.4, -0.2) is 60.0 Å². The molecule has 4 rings (SSSR count). The second-order valence-corrected chi connectivity index (χ2v) is 8.41. The van der Waals surface area contributed by atoms with E-state index in [9.17, 15) is 9.59 Å². The van der Waals surface area contributed by atoms with Gasteiger partial charge in [-0.2, -0.15) is 0 Å². The van der Waals surface area contributed by atoms with Gasteiger partial charge in [-0.3, -0.25) is 19.4 Å². The van der Waals surface area contributed by atoms with E-state index in [0.29, 0.717) is 44.9 Å². The predicted molar refractivity (Wildman–Crippen MR) is 121 cm³/mol. The van der Waals surface area contributed by atoms with E-state index >= 15 is 0 Å². The third-order valence-corrected chi connectivity index (χ3v) is 6.18. The summed E-state index contributed by atoms with van der Waals surface area (Å²) in [6, 6.07) is 9.96. The number of likely N-dealkylation sites (tertiary alicyclic amines) is 1. The van der Waals surface area contributed by atoms with E-state index in [0.717, 1.165) is 42.0 Å². The zero-order valence-electron chi connectivity index (χ0n) is 18.8. The maximum Gasteiger partial charge on any atom is 0.234 e. The smallest absolute Gasteiger partial charge is 0.234 e. The molecule has 0 radical (unpaired) electrons. The van der Waals surface area contributed by atoms with Crippen LogP contribution in [-0.2, 0) is 27.3 Å². The summed E-state index contributed by atoms with van der Waals surface area (Å²) in [6.07, 6.45) is 3.03. The number of hydrogen-bond donors (Lipinski definition) is 1. The summed E-state index contributed by atoms with van der Waals surface area (Å²) < 4.78 is 5.00. The minimum Gasteiger partial charge on any atom is -0.383 e. The van der Waals surface area contributed by atoms with Crippen LogP contribution in [0.2, 0.25) is 0 Å². The average Bonchev–Trinajstić information content (AvgIpc) is 3.24. The minimum atomic E-state index is -0.0252. The van der Waals surface area contributed by atoms with Gasteiger partial charge >= 0.3 is 0 Å². The predicted octanol–water partition coefficient (Wildman–Crippen LogP) is 2.16. The number of aromatic nitrogens is 2. The fraction of sp³-hybridized carbons (Fsp3) is 0.500. The Balaban J connectivity index is 1.57. The third kappa shape index (κ3) is 4.97. The fourth-order valence-electron chi connectivity index (χ4n) is 4.52. The van der Waals surface area contributed by atoms with Gasteiger partial charge in [-0.05, 0) is 38.3 Å². The Morgan fingerprint density at radius 3 is 2.81 bits per heavy atom. The van der Waals surface area contributed by atoms with Crippen molar-refractivity contribution < 1.29 is 14.3 Å². The molecule has 3 heterocycles. The number of methoxy groups -OCH3 is 1. The molecule has 0 saturated carbocycles. The van der Waals surface area contributed by atoms with E-state index in [4.69, 9.17) is 14.7 Å². The molecule has 1 N–H and O–H groups in total. The van der Waals surface area contributed by atoms with Crippen LogP contribution >= 0.6 is 0 Å². The Kier molecular flexibility index (Phi) is 7.12. The van der Waals surface area contributed by atoms with Gasteiger partial charge in [0.1, 0.15) is 11.6 Å². The highest BCUT2D eigenvalue weighted by molar-refractivity contribution is 5.95. The number of benzene rings is 1. The van der Waals surface area contributed by atoms with E-state index < -0.39 is 0 Å². The number of carbonyl (C=O) groups excluding carboxylic acids is 2. The van der Waals surface area contributed by atoms with E-state index in [1.807, 2.05) is 37.3 Å². The van der Waals surface area contributed by atoms with Crippen molar-refractivity contribution in [1.82, 2.24) is 20.2 Å². The number of aryl methyl sites for hydroxylation is 1. The van der Waals surface area contributed by atoms with Crippen molar-refractivity contribution in [2.24, 2.45) is 0 Å². The molecule has 2 amide bonds. The number of carbonyl (C=O) groups is 2. The van der Waals surface area contributed by atoms with Crippen molar-refractivity contribution >= 4 is 17.6 Å². The maximum atomic E-state index is 12.8. The lowest BCUT2D eigenvalue weighted by molar-refractivity contribution is -0.122. The van der Waals surface area contributed by atoms with Crippen LogP contribution in [0.5, 0.6) is 0 Å². The van der Waals surface area contributed by atoms with Crippen LogP contribution in [0.3, 0.4) is 0 Å². The van der Waals surface area contributed by atoms with Crippen molar-refractivity contribution in [2.45, 2.75) is 45.2 Å². The second kappa shape index (κ2) is 10.2. The monoisotopic (exact) mass is 437 g/mol. The van der Waals surface area contributed by atoms with Crippen LogP contribution in [0.4, 0.5) is 5.82 Å². The topological polar surface area (TPSA) is 87.7 Å². The Labute approximate surface area is 189 Å². The van der Waals surface area contributed by atoms with Crippen molar-refractivity contribution in [1.29, 1.82) is 0 Å². The SMILES string of the molecule is COCCNC(=O)CN1CCCC1c1nc(C)c2c(n1)N(Cc1ccccc1)C(=O)CC2. The summed E-state index contributed by atoms with van der Waals surface area (Å²) in [5.41, 5.74) is 3.04. The van der Waals surface area contributed by atoms with Crippen LogP contribution < -0.4 is 10.2 Å². The molecule has 8 nitrogen and oxygen atoms in total. The summed E-state index contributed by atoms with van der Waals surface area (Å²) in [5.74, 6) is 1.50. The molecule has 0 bridgehead atoms. The van der Waals surface area contributed by atoms with Gasteiger partial charge in [-0.25, -0.2) is 9.97 Å². The molecule has 1 saturated heterocycles. The van der Waals surface area contributed by atoms with Gasteiger partial charge in [-0.1, -0.05) is 30.3 Å². The zero-order valence-corrected chi connectivity index (χ0v) is 18.8. The quantitative estimate of drug-likeness (QED) is 0.637. The highest BCUT2D eigenvalue weighted by Crippen LogP contribution is 2.34. The molecular formula is C24H31N5O3. The molecule has 1 fully saturated rings. The fourth-order valence-corrected chi connectivity index (χ4v) is 4.52. The second-order valence-electron chi connectivity index (χ2n) is 8.41. The summed E-state index contributed by atoms with van der Waals surface area (Å²) in [6.45, 7) is 4.62. The van der Waals surface area contributed by atoms with Gasteiger partial charge < -0.3 is 10.1 Å². The first kappa shape index (κ1) is 22.4. The lowest BCUT2D eigenvalue weighted by Gasteiger charge is -2.31. The van der Waals surface area contributed by atoms with E-state index in [1.165, 1.54) is 0 Å². The molecule has 1 aromatic carbocycles. The first-order valence-corrected chi connectivity index (χ1v) is 11.3. The van der Waals surface area contributed by atoms with E-state index in [-0.39, 0.29) is 17.9 Å². The Bertz CT molecular complexity index is 966. The molecule has 2 aliphatic heterocycles. The van der Waals surface area contributed by atoms with Crippen molar-refractivity contribution in [3.8, 4) is 0 Å². The molecular weight excluding hydrogens is 406 g/mol. The molecule has 2 aliphatic rings. The molecule has 0 aliphatic carbocycles. The van der Waals surface area contributed by atoms with E-state index in [2.05, 4.69) is 10.2 Å². The summed E-state index contributed by atoms with van der Waals surface area (Å²) in [5, 5.41) is 2.88. The number of rotatable bonds is 8. The first-order valence-electron chi connectivity index (χ1n) is 11.3. The van der Waals surface area contributed by atoms with Gasteiger partial charge in [0.2, 0.25) is 11.8 Å². The normalized spacial score (nSPS) is 18.6. The molecule has 1 atom stereocenters. The van der Waals surface area contributed by atoms with Gasteiger partial charge in [-0.15, -0.1) is 0 Å². The van der Waals surface area contributed by atoms with Crippen molar-refractivity contribution in [3.63, 3.8) is 0 Å². The molecule has 1 unspecified atom stereocenters. The van der Waals surface area contributed by atoms with Crippen molar-refractivity contribution in [3.05, 3.63) is 53.0 Å². The van der Waals surface area contributed by atoms with Crippen LogP contribution in [0.1, 0.15) is 47.9 Å². The first-order chi connectivity index (χ1) is 15.6. The Morgan fingerprint density at radius 1 is 1.22 bits per heavy atom. The minimum absolute atomic E-state index is 0.0236.